The largest absolute Gasteiger partial charge is 0.462 e. The Hall–Kier alpha value is -4.19. The maximum atomic E-state index is 12.8. The van der Waals surface area contributed by atoms with Crippen LogP contribution < -0.4 is 0 Å². The molecule has 0 heterocycles. The van der Waals surface area contributed by atoms with E-state index < -0.39 is 6.10 Å². The van der Waals surface area contributed by atoms with Crippen LogP contribution in [0.5, 0.6) is 0 Å². The Morgan fingerprint density at radius 2 is 0.639 bits per heavy atom. The lowest BCUT2D eigenvalue weighted by Crippen LogP contribution is -2.30. The Labute approximate surface area is 373 Å². The van der Waals surface area contributed by atoms with E-state index >= 15 is 0 Å². The van der Waals surface area contributed by atoms with Gasteiger partial charge in [0, 0.05) is 19.3 Å². The Morgan fingerprint density at radius 3 is 1.03 bits per heavy atom. The normalized spacial score (nSPS) is 13.2. The SMILES string of the molecule is CC\C=C/C=C\C=C/C=C\CCCCCCCC(=O)OCC(COC(=O)CCCCC\C=C/C=C\C=C/C=C\CC)OC(=O)CCCCCCCC/C=C\C=C/CCCCC. The van der Waals surface area contributed by atoms with Gasteiger partial charge in [-0.05, 0) is 83.5 Å². The molecule has 342 valence electrons. The Bertz CT molecular complexity index is 1340. The second kappa shape index (κ2) is 48.5. The fourth-order valence-electron chi connectivity index (χ4n) is 6.04. The first kappa shape index (κ1) is 56.8. The monoisotopic (exact) mass is 843 g/mol. The second-order valence-corrected chi connectivity index (χ2v) is 15.5. The highest BCUT2D eigenvalue weighted by atomic mass is 16.6. The van der Waals surface area contributed by atoms with Gasteiger partial charge >= 0.3 is 17.9 Å². The molecule has 0 amide bonds. The molecule has 0 bridgehead atoms. The topological polar surface area (TPSA) is 78.9 Å². The van der Waals surface area contributed by atoms with Gasteiger partial charge in [0.1, 0.15) is 13.2 Å². The van der Waals surface area contributed by atoms with E-state index in [2.05, 4.69) is 81.5 Å². The third-order valence-electron chi connectivity index (χ3n) is 9.65. The van der Waals surface area contributed by atoms with Crippen molar-refractivity contribution in [3.8, 4) is 0 Å². The van der Waals surface area contributed by atoms with Crippen LogP contribution in [-0.2, 0) is 28.6 Å². The molecule has 0 saturated heterocycles. The highest BCUT2D eigenvalue weighted by Gasteiger charge is 2.19. The summed E-state index contributed by atoms with van der Waals surface area (Å²) in [6.45, 7) is 6.23. The Balaban J connectivity index is 4.54. The minimum atomic E-state index is -0.813. The molecule has 0 radical (unpaired) electrons. The van der Waals surface area contributed by atoms with E-state index in [9.17, 15) is 14.4 Å². The van der Waals surface area contributed by atoms with Gasteiger partial charge in [0.25, 0.3) is 0 Å². The molecule has 0 aromatic rings. The molecule has 0 aromatic heterocycles. The summed E-state index contributed by atoms with van der Waals surface area (Å²) in [6.07, 6.45) is 66.0. The van der Waals surface area contributed by atoms with Gasteiger partial charge in [0.2, 0.25) is 0 Å². The molecule has 6 nitrogen and oxygen atoms in total. The van der Waals surface area contributed by atoms with E-state index in [1.54, 1.807) is 0 Å². The standard InChI is InChI=1S/C55H86O6/c1-4-7-10-13-16-19-22-25-27-30-33-36-39-42-45-48-54(57)60-51-52(50-59-53(56)47-44-41-38-35-32-29-24-21-18-15-12-9-6-3)61-55(58)49-46-43-40-37-34-31-28-26-23-20-17-14-11-8-5-2/h7,9-10,12-13,15-27,29,32,52H,4-6,8,11,14,28,30-31,33-51H2,1-3H3/b10-7-,12-9-,16-13-,18-15-,20-17-,22-19-,24-21-,26-23-,27-25-,32-29-. The van der Waals surface area contributed by atoms with Gasteiger partial charge in [-0.15, -0.1) is 0 Å². The van der Waals surface area contributed by atoms with Gasteiger partial charge < -0.3 is 14.2 Å². The zero-order valence-electron chi connectivity index (χ0n) is 38.9. The molecule has 1 unspecified atom stereocenters. The summed E-state index contributed by atoms with van der Waals surface area (Å²) >= 11 is 0. The van der Waals surface area contributed by atoms with Crippen molar-refractivity contribution in [3.05, 3.63) is 122 Å². The molecule has 0 fully saturated rings. The molecule has 0 saturated carbocycles. The van der Waals surface area contributed by atoms with Crippen LogP contribution in [0.2, 0.25) is 0 Å². The highest BCUT2D eigenvalue weighted by Crippen LogP contribution is 2.13. The number of esters is 3. The summed E-state index contributed by atoms with van der Waals surface area (Å²) < 4.78 is 16.7. The maximum absolute atomic E-state index is 12.8. The summed E-state index contributed by atoms with van der Waals surface area (Å²) in [5.41, 5.74) is 0. The number of carbonyl (C=O) groups excluding carboxylic acids is 3. The van der Waals surface area contributed by atoms with E-state index in [1.807, 2.05) is 60.8 Å². The molecule has 0 aliphatic rings. The first-order valence-corrected chi connectivity index (χ1v) is 24.2. The number of ether oxygens (including phenoxy) is 3. The van der Waals surface area contributed by atoms with Crippen molar-refractivity contribution in [2.75, 3.05) is 13.2 Å². The summed E-state index contributed by atoms with van der Waals surface area (Å²) in [5.74, 6) is -0.996. The van der Waals surface area contributed by atoms with E-state index in [4.69, 9.17) is 14.2 Å². The van der Waals surface area contributed by atoms with Crippen LogP contribution in [0.1, 0.15) is 188 Å². The quantitative estimate of drug-likeness (QED) is 0.0264. The molecule has 0 N–H and O–H groups in total. The smallest absolute Gasteiger partial charge is 0.306 e. The van der Waals surface area contributed by atoms with Crippen molar-refractivity contribution in [1.82, 2.24) is 0 Å². The molecule has 0 rings (SSSR count). The lowest BCUT2D eigenvalue weighted by atomic mass is 10.1. The van der Waals surface area contributed by atoms with Gasteiger partial charge in [-0.3, -0.25) is 14.4 Å². The van der Waals surface area contributed by atoms with E-state index in [1.165, 1.54) is 32.1 Å². The van der Waals surface area contributed by atoms with Crippen LogP contribution in [0.3, 0.4) is 0 Å². The molecule has 0 aromatic carbocycles. The van der Waals surface area contributed by atoms with Crippen LogP contribution >= 0.6 is 0 Å². The second-order valence-electron chi connectivity index (χ2n) is 15.5. The van der Waals surface area contributed by atoms with Crippen LogP contribution in [-0.4, -0.2) is 37.2 Å². The summed E-state index contributed by atoms with van der Waals surface area (Å²) in [7, 11) is 0. The number of hydrogen-bond acceptors (Lipinski definition) is 6. The predicted octanol–water partition coefficient (Wildman–Crippen LogP) is 15.7. The number of allylic oxidation sites excluding steroid dienone is 20. The van der Waals surface area contributed by atoms with E-state index in [0.717, 1.165) is 116 Å². The predicted molar refractivity (Wildman–Crippen MR) is 260 cm³/mol. The van der Waals surface area contributed by atoms with Crippen molar-refractivity contribution in [2.45, 2.75) is 194 Å². The van der Waals surface area contributed by atoms with Crippen molar-refractivity contribution < 1.29 is 28.6 Å². The summed E-state index contributed by atoms with van der Waals surface area (Å²) in [4.78, 5) is 37.9. The van der Waals surface area contributed by atoms with E-state index in [0.29, 0.717) is 19.3 Å². The third-order valence-corrected chi connectivity index (χ3v) is 9.65. The molecule has 0 spiro atoms. The lowest BCUT2D eigenvalue weighted by molar-refractivity contribution is -0.167. The zero-order valence-corrected chi connectivity index (χ0v) is 38.9. The zero-order chi connectivity index (χ0) is 44.4. The van der Waals surface area contributed by atoms with Gasteiger partial charge in [0.15, 0.2) is 6.10 Å². The van der Waals surface area contributed by atoms with Gasteiger partial charge in [0.05, 0.1) is 0 Å². The average Bonchev–Trinajstić information content (AvgIpc) is 3.26. The van der Waals surface area contributed by atoms with E-state index in [-0.39, 0.29) is 31.1 Å². The lowest BCUT2D eigenvalue weighted by Gasteiger charge is -2.18. The van der Waals surface area contributed by atoms with Crippen LogP contribution in [0.15, 0.2) is 122 Å². The number of unbranched alkanes of at least 4 members (excludes halogenated alkanes) is 17. The number of rotatable bonds is 41. The van der Waals surface area contributed by atoms with Gasteiger partial charge in [-0.25, -0.2) is 0 Å². The Kier molecular flexibility index (Phi) is 45.1. The van der Waals surface area contributed by atoms with Crippen molar-refractivity contribution in [2.24, 2.45) is 0 Å². The molecule has 0 aliphatic carbocycles. The number of hydrogen-bond donors (Lipinski definition) is 0. The minimum absolute atomic E-state index is 0.112. The molecule has 61 heavy (non-hydrogen) atoms. The van der Waals surface area contributed by atoms with Crippen molar-refractivity contribution >= 4 is 17.9 Å². The van der Waals surface area contributed by atoms with Crippen LogP contribution in [0.4, 0.5) is 0 Å². The van der Waals surface area contributed by atoms with Crippen LogP contribution in [0, 0.1) is 0 Å². The first-order chi connectivity index (χ1) is 30.0. The molecular formula is C55H86O6. The Morgan fingerprint density at radius 1 is 0.344 bits per heavy atom. The third kappa shape index (κ3) is 46.7. The summed E-state index contributed by atoms with van der Waals surface area (Å²) in [5, 5.41) is 0. The average molecular weight is 843 g/mol. The molecule has 1 atom stereocenters. The van der Waals surface area contributed by atoms with Crippen molar-refractivity contribution in [1.29, 1.82) is 0 Å². The van der Waals surface area contributed by atoms with Crippen LogP contribution in [0.25, 0.3) is 0 Å². The molecule has 0 aliphatic heterocycles. The minimum Gasteiger partial charge on any atom is -0.462 e. The maximum Gasteiger partial charge on any atom is 0.306 e. The molecular weight excluding hydrogens is 757 g/mol. The van der Waals surface area contributed by atoms with Gasteiger partial charge in [-0.1, -0.05) is 206 Å². The highest BCUT2D eigenvalue weighted by molar-refractivity contribution is 5.71. The first-order valence-electron chi connectivity index (χ1n) is 24.2. The van der Waals surface area contributed by atoms with Gasteiger partial charge in [-0.2, -0.15) is 0 Å². The number of carbonyl (C=O) groups is 3. The molecule has 6 heteroatoms. The fourth-order valence-corrected chi connectivity index (χ4v) is 6.04. The van der Waals surface area contributed by atoms with Crippen molar-refractivity contribution in [3.63, 3.8) is 0 Å². The summed E-state index contributed by atoms with van der Waals surface area (Å²) in [6, 6.07) is 0. The fraction of sp³-hybridized carbons (Fsp3) is 0.582.